The minimum atomic E-state index is -1.09. The number of aliphatic carboxylic acids is 1. The molecular weight excluding hydrogens is 417 g/mol. The van der Waals surface area contributed by atoms with Gasteiger partial charge < -0.3 is 19.8 Å². The largest absolute Gasteiger partial charge is 0.507 e. The van der Waals surface area contributed by atoms with Crippen LogP contribution in [0.4, 0.5) is 4.39 Å². The van der Waals surface area contributed by atoms with Crippen molar-refractivity contribution < 1.29 is 33.7 Å². The second-order valence-corrected chi connectivity index (χ2v) is 7.45. The van der Waals surface area contributed by atoms with Crippen molar-refractivity contribution in [2.45, 2.75) is 31.7 Å². The van der Waals surface area contributed by atoms with E-state index in [0.717, 1.165) is 0 Å². The Morgan fingerprint density at radius 3 is 2.34 bits per heavy atom. The van der Waals surface area contributed by atoms with E-state index in [-0.39, 0.29) is 24.1 Å². The Hall–Kier alpha value is -3.68. The Balaban J connectivity index is 1.99. The second-order valence-electron chi connectivity index (χ2n) is 7.45. The van der Waals surface area contributed by atoms with E-state index < -0.39 is 35.3 Å². The Kier molecular flexibility index (Phi) is 7.25. The van der Waals surface area contributed by atoms with Gasteiger partial charge in [-0.05, 0) is 43.2 Å². The number of likely N-dealkylation sites (tertiary alicyclic amines) is 1. The van der Waals surface area contributed by atoms with Crippen LogP contribution >= 0.6 is 0 Å². The number of carbonyl (C=O) groups excluding carboxylic acids is 2. The maximum atomic E-state index is 14.7. The lowest BCUT2D eigenvalue weighted by atomic mass is 9.95. The minimum absolute atomic E-state index is 0.00697. The number of aliphatic hydroxyl groups excluding tert-OH is 1. The standard InChI is InChI=1S/C24H24FNO6/c1-32-16-12-10-15(11-13-16)22(29)20-21(17-7-4-5-8-18(17)25)26(24(31)23(20)30)14-6-2-3-9-19(27)28/h4-5,7-8,10-13,21,29H,2-3,6,9,14H2,1H3,(H,27,28)/b22-20-. The van der Waals surface area contributed by atoms with E-state index in [0.29, 0.717) is 30.6 Å². The van der Waals surface area contributed by atoms with Gasteiger partial charge in [-0.1, -0.05) is 24.6 Å². The average Bonchev–Trinajstić information content (AvgIpc) is 3.03. The number of halogens is 1. The van der Waals surface area contributed by atoms with Gasteiger partial charge in [0, 0.05) is 24.1 Å². The number of Topliss-reactive ketones (excluding diaryl/α,β-unsaturated/α-hetero) is 1. The highest BCUT2D eigenvalue weighted by atomic mass is 19.1. The molecule has 1 atom stereocenters. The highest BCUT2D eigenvalue weighted by Gasteiger charge is 2.46. The Labute approximate surface area is 184 Å². The van der Waals surface area contributed by atoms with Crippen LogP contribution in [0.2, 0.25) is 0 Å². The summed E-state index contributed by atoms with van der Waals surface area (Å²) in [7, 11) is 1.50. The maximum Gasteiger partial charge on any atom is 0.303 e. The van der Waals surface area contributed by atoms with E-state index in [1.54, 1.807) is 30.3 Å². The number of nitrogens with zero attached hydrogens (tertiary/aromatic N) is 1. The molecule has 1 unspecified atom stereocenters. The molecule has 0 spiro atoms. The van der Waals surface area contributed by atoms with E-state index >= 15 is 0 Å². The first-order valence-corrected chi connectivity index (χ1v) is 10.2. The molecule has 3 rings (SSSR count). The number of amides is 1. The third-order valence-corrected chi connectivity index (χ3v) is 5.39. The van der Waals surface area contributed by atoms with Crippen LogP contribution in [0.15, 0.2) is 54.1 Å². The van der Waals surface area contributed by atoms with Crippen LogP contribution in [0.3, 0.4) is 0 Å². The van der Waals surface area contributed by atoms with Gasteiger partial charge >= 0.3 is 5.97 Å². The molecule has 32 heavy (non-hydrogen) atoms. The number of unbranched alkanes of at least 4 members (excludes halogenated alkanes) is 2. The summed E-state index contributed by atoms with van der Waals surface area (Å²) < 4.78 is 19.8. The van der Waals surface area contributed by atoms with Gasteiger partial charge in [0.25, 0.3) is 11.7 Å². The zero-order valence-corrected chi connectivity index (χ0v) is 17.6. The first-order chi connectivity index (χ1) is 15.3. The molecule has 168 valence electrons. The summed E-state index contributed by atoms with van der Waals surface area (Å²) in [5.74, 6) is -3.07. The third-order valence-electron chi connectivity index (χ3n) is 5.39. The molecule has 0 aliphatic carbocycles. The number of hydrogen-bond donors (Lipinski definition) is 2. The van der Waals surface area contributed by atoms with Crippen LogP contribution in [0, 0.1) is 5.82 Å². The number of rotatable bonds is 9. The molecule has 2 aromatic rings. The number of benzene rings is 2. The zero-order chi connectivity index (χ0) is 23.3. The molecule has 0 bridgehead atoms. The number of carboxylic acid groups (broad SMARTS) is 1. The summed E-state index contributed by atoms with van der Waals surface area (Å²) >= 11 is 0. The van der Waals surface area contributed by atoms with Crippen LogP contribution in [0.1, 0.15) is 42.9 Å². The molecule has 7 nitrogen and oxygen atoms in total. The van der Waals surface area contributed by atoms with Crippen molar-refractivity contribution in [3.8, 4) is 5.75 Å². The molecule has 1 aliphatic rings. The molecule has 1 saturated heterocycles. The molecule has 0 radical (unpaired) electrons. The molecular formula is C24H24FNO6. The topological polar surface area (TPSA) is 104 Å². The second kappa shape index (κ2) is 10.1. The first kappa shape index (κ1) is 23.0. The van der Waals surface area contributed by atoms with Gasteiger partial charge in [-0.3, -0.25) is 14.4 Å². The van der Waals surface area contributed by atoms with Crippen molar-refractivity contribution in [1.29, 1.82) is 0 Å². The van der Waals surface area contributed by atoms with E-state index in [1.165, 1.54) is 30.2 Å². The highest BCUT2D eigenvalue weighted by Crippen LogP contribution is 2.40. The van der Waals surface area contributed by atoms with Gasteiger partial charge in [-0.15, -0.1) is 0 Å². The first-order valence-electron chi connectivity index (χ1n) is 10.2. The van der Waals surface area contributed by atoms with Gasteiger partial charge in [0.1, 0.15) is 17.3 Å². The van der Waals surface area contributed by atoms with E-state index in [1.807, 2.05) is 0 Å². The minimum Gasteiger partial charge on any atom is -0.507 e. The number of ether oxygens (including phenoxy) is 1. The Bertz CT molecular complexity index is 1050. The van der Waals surface area contributed by atoms with Crippen molar-refractivity contribution in [1.82, 2.24) is 4.90 Å². The average molecular weight is 441 g/mol. The lowest BCUT2D eigenvalue weighted by molar-refractivity contribution is -0.140. The predicted octanol–water partition coefficient (Wildman–Crippen LogP) is 3.90. The normalized spacial score (nSPS) is 17.6. The van der Waals surface area contributed by atoms with Crippen LogP contribution in [0.25, 0.3) is 5.76 Å². The molecule has 2 aromatic carbocycles. The summed E-state index contributed by atoms with van der Waals surface area (Å²) in [5, 5.41) is 19.7. The lowest BCUT2D eigenvalue weighted by Gasteiger charge is -2.25. The number of hydrogen-bond acceptors (Lipinski definition) is 5. The predicted molar refractivity (Wildman–Crippen MR) is 115 cm³/mol. The van der Waals surface area contributed by atoms with Gasteiger partial charge in [-0.25, -0.2) is 4.39 Å². The fourth-order valence-electron chi connectivity index (χ4n) is 3.77. The third kappa shape index (κ3) is 4.80. The van der Waals surface area contributed by atoms with Crippen molar-refractivity contribution in [3.63, 3.8) is 0 Å². The van der Waals surface area contributed by atoms with Crippen LogP contribution in [-0.2, 0) is 14.4 Å². The molecule has 1 amide bonds. The molecule has 1 fully saturated rings. The van der Waals surface area contributed by atoms with Gasteiger partial charge in [-0.2, -0.15) is 0 Å². The van der Waals surface area contributed by atoms with Crippen molar-refractivity contribution in [2.24, 2.45) is 0 Å². The number of ketones is 1. The smallest absolute Gasteiger partial charge is 0.303 e. The number of carboxylic acids is 1. The van der Waals surface area contributed by atoms with Crippen LogP contribution in [-0.4, -0.2) is 46.4 Å². The van der Waals surface area contributed by atoms with Crippen molar-refractivity contribution >= 4 is 23.4 Å². The summed E-state index contributed by atoms with van der Waals surface area (Å²) in [5.41, 5.74) is 0.217. The number of aliphatic hydroxyl groups is 1. The molecule has 2 N–H and O–H groups in total. The quantitative estimate of drug-likeness (QED) is 0.265. The molecule has 0 saturated carbocycles. The summed E-state index contributed by atoms with van der Waals surface area (Å²) in [6.07, 6.45) is 1.40. The summed E-state index contributed by atoms with van der Waals surface area (Å²) in [4.78, 5) is 37.6. The Morgan fingerprint density at radius 1 is 1.03 bits per heavy atom. The highest BCUT2D eigenvalue weighted by molar-refractivity contribution is 6.46. The zero-order valence-electron chi connectivity index (χ0n) is 17.6. The number of carbonyl (C=O) groups is 3. The van der Waals surface area contributed by atoms with E-state index in [9.17, 15) is 23.9 Å². The Morgan fingerprint density at radius 2 is 1.72 bits per heavy atom. The maximum absolute atomic E-state index is 14.7. The van der Waals surface area contributed by atoms with Crippen LogP contribution in [0.5, 0.6) is 5.75 Å². The van der Waals surface area contributed by atoms with Gasteiger partial charge in [0.15, 0.2) is 0 Å². The van der Waals surface area contributed by atoms with Crippen molar-refractivity contribution in [2.75, 3.05) is 13.7 Å². The molecule has 1 aliphatic heterocycles. The van der Waals surface area contributed by atoms with Gasteiger partial charge in [0.2, 0.25) is 0 Å². The SMILES string of the molecule is COc1ccc(/C(O)=C2/C(=O)C(=O)N(CCCCCC(=O)O)C2c2ccccc2F)cc1. The number of methoxy groups -OCH3 is 1. The van der Waals surface area contributed by atoms with Gasteiger partial charge in [0.05, 0.1) is 18.7 Å². The monoisotopic (exact) mass is 441 g/mol. The fourth-order valence-corrected chi connectivity index (χ4v) is 3.77. The summed E-state index contributed by atoms with van der Waals surface area (Å²) in [6.45, 7) is 0.128. The molecule has 0 aromatic heterocycles. The fraction of sp³-hybridized carbons (Fsp3) is 0.292. The van der Waals surface area contributed by atoms with Crippen LogP contribution < -0.4 is 4.74 Å². The van der Waals surface area contributed by atoms with Crippen molar-refractivity contribution in [3.05, 3.63) is 71.0 Å². The van der Waals surface area contributed by atoms with E-state index in [4.69, 9.17) is 9.84 Å². The summed E-state index contributed by atoms with van der Waals surface area (Å²) in [6, 6.07) is 11.0. The molecule has 8 heteroatoms. The lowest BCUT2D eigenvalue weighted by Crippen LogP contribution is -2.31. The van der Waals surface area contributed by atoms with E-state index in [2.05, 4.69) is 0 Å². The molecule has 1 heterocycles.